The lowest BCUT2D eigenvalue weighted by atomic mass is 9.97. The van der Waals surface area contributed by atoms with E-state index in [4.69, 9.17) is 5.73 Å². The number of benzene rings is 2. The molecule has 0 saturated carbocycles. The number of pyridine rings is 1. The zero-order valence-corrected chi connectivity index (χ0v) is 11.7. The standard InChI is InChI=1S/C19H16N2/c20-19-15(10-13-4-3-9-21-12-13)7-8-17-16-6-2-1-5-14(16)11-18(17)19/h1-9,12H,10-11,20H2. The number of rotatable bonds is 2. The summed E-state index contributed by atoms with van der Waals surface area (Å²) >= 11 is 0. The molecule has 0 spiro atoms. The van der Waals surface area contributed by atoms with Gasteiger partial charge in [-0.1, -0.05) is 42.5 Å². The smallest absolute Gasteiger partial charge is 0.0392 e. The van der Waals surface area contributed by atoms with Crippen LogP contribution in [0.4, 0.5) is 5.69 Å². The Kier molecular flexibility index (Phi) is 2.74. The van der Waals surface area contributed by atoms with Crippen molar-refractivity contribution < 1.29 is 0 Å². The van der Waals surface area contributed by atoms with E-state index < -0.39 is 0 Å². The van der Waals surface area contributed by atoms with E-state index in [0.717, 1.165) is 18.5 Å². The van der Waals surface area contributed by atoms with Crippen molar-refractivity contribution in [2.75, 3.05) is 5.73 Å². The molecule has 2 N–H and O–H groups in total. The van der Waals surface area contributed by atoms with Gasteiger partial charge in [-0.25, -0.2) is 0 Å². The molecule has 0 fully saturated rings. The SMILES string of the molecule is Nc1c(Cc2cccnc2)ccc2c1Cc1ccccc1-2. The van der Waals surface area contributed by atoms with E-state index in [-0.39, 0.29) is 0 Å². The van der Waals surface area contributed by atoms with E-state index in [1.807, 2.05) is 12.3 Å². The number of anilines is 1. The fraction of sp³-hybridized carbons (Fsp3) is 0.105. The predicted octanol–water partition coefficient (Wildman–Crippen LogP) is 3.83. The number of hydrogen-bond acceptors (Lipinski definition) is 2. The van der Waals surface area contributed by atoms with Crippen molar-refractivity contribution >= 4 is 5.69 Å². The number of nitrogen functional groups attached to an aromatic ring is 1. The molecule has 3 aromatic rings. The van der Waals surface area contributed by atoms with E-state index in [9.17, 15) is 0 Å². The first-order valence-electron chi connectivity index (χ1n) is 7.20. The van der Waals surface area contributed by atoms with Gasteiger partial charge in [-0.2, -0.15) is 0 Å². The first-order valence-corrected chi connectivity index (χ1v) is 7.20. The van der Waals surface area contributed by atoms with Gasteiger partial charge in [0.25, 0.3) is 0 Å². The fourth-order valence-electron chi connectivity index (χ4n) is 3.16. The highest BCUT2D eigenvalue weighted by Gasteiger charge is 2.21. The second-order valence-corrected chi connectivity index (χ2v) is 5.54. The molecule has 2 nitrogen and oxygen atoms in total. The van der Waals surface area contributed by atoms with Crippen LogP contribution in [0.3, 0.4) is 0 Å². The molecule has 1 aromatic heterocycles. The molecule has 0 aliphatic heterocycles. The lowest BCUT2D eigenvalue weighted by Gasteiger charge is -2.11. The van der Waals surface area contributed by atoms with Crippen molar-refractivity contribution in [2.24, 2.45) is 0 Å². The zero-order valence-electron chi connectivity index (χ0n) is 11.7. The second-order valence-electron chi connectivity index (χ2n) is 5.54. The fourth-order valence-corrected chi connectivity index (χ4v) is 3.16. The van der Waals surface area contributed by atoms with Gasteiger partial charge in [-0.3, -0.25) is 4.98 Å². The van der Waals surface area contributed by atoms with Crippen molar-refractivity contribution in [1.82, 2.24) is 4.98 Å². The van der Waals surface area contributed by atoms with E-state index in [1.54, 1.807) is 6.20 Å². The van der Waals surface area contributed by atoms with Gasteiger partial charge in [0.1, 0.15) is 0 Å². The van der Waals surface area contributed by atoms with Crippen LogP contribution in [0.15, 0.2) is 60.9 Å². The van der Waals surface area contributed by atoms with Crippen LogP contribution in [-0.4, -0.2) is 4.98 Å². The molecule has 2 heteroatoms. The highest BCUT2D eigenvalue weighted by atomic mass is 14.6. The molecule has 1 aliphatic rings. The van der Waals surface area contributed by atoms with Crippen LogP contribution in [0.1, 0.15) is 22.3 Å². The number of nitrogens with zero attached hydrogens (tertiary/aromatic N) is 1. The Hall–Kier alpha value is -2.61. The summed E-state index contributed by atoms with van der Waals surface area (Å²) in [6, 6.07) is 17.0. The highest BCUT2D eigenvalue weighted by molar-refractivity contribution is 5.82. The Morgan fingerprint density at radius 2 is 1.86 bits per heavy atom. The third kappa shape index (κ3) is 2.00. The third-order valence-electron chi connectivity index (χ3n) is 4.24. The van der Waals surface area contributed by atoms with E-state index in [2.05, 4.69) is 47.4 Å². The molecular formula is C19H16N2. The molecule has 0 bridgehead atoms. The summed E-state index contributed by atoms with van der Waals surface area (Å²) in [5.74, 6) is 0. The maximum Gasteiger partial charge on any atom is 0.0392 e. The van der Waals surface area contributed by atoms with E-state index in [1.165, 1.54) is 33.4 Å². The van der Waals surface area contributed by atoms with Gasteiger partial charge < -0.3 is 5.73 Å². The van der Waals surface area contributed by atoms with Gasteiger partial charge >= 0.3 is 0 Å². The van der Waals surface area contributed by atoms with Crippen LogP contribution in [0.25, 0.3) is 11.1 Å². The molecule has 4 rings (SSSR count). The van der Waals surface area contributed by atoms with E-state index >= 15 is 0 Å². The Bertz CT molecular complexity index is 807. The maximum absolute atomic E-state index is 6.44. The van der Waals surface area contributed by atoms with Crippen molar-refractivity contribution in [3.8, 4) is 11.1 Å². The first-order chi connectivity index (χ1) is 10.3. The topological polar surface area (TPSA) is 38.9 Å². The first kappa shape index (κ1) is 12.2. The lowest BCUT2D eigenvalue weighted by molar-refractivity contribution is 1.14. The zero-order chi connectivity index (χ0) is 14.2. The molecule has 1 heterocycles. The average molecular weight is 272 g/mol. The molecule has 21 heavy (non-hydrogen) atoms. The van der Waals surface area contributed by atoms with Gasteiger partial charge in [-0.05, 0) is 39.4 Å². The monoisotopic (exact) mass is 272 g/mol. The van der Waals surface area contributed by atoms with E-state index in [0.29, 0.717) is 0 Å². The van der Waals surface area contributed by atoms with Gasteiger partial charge in [-0.15, -0.1) is 0 Å². The van der Waals surface area contributed by atoms with Crippen LogP contribution < -0.4 is 5.73 Å². The largest absolute Gasteiger partial charge is 0.398 e. The summed E-state index contributed by atoms with van der Waals surface area (Å²) in [5.41, 5.74) is 15.0. The molecule has 0 radical (unpaired) electrons. The van der Waals surface area contributed by atoms with Gasteiger partial charge in [0, 0.05) is 30.9 Å². The lowest BCUT2D eigenvalue weighted by Crippen LogP contribution is -2.00. The van der Waals surface area contributed by atoms with Crippen LogP contribution in [-0.2, 0) is 12.8 Å². The Morgan fingerprint density at radius 1 is 0.952 bits per heavy atom. The van der Waals surface area contributed by atoms with Crippen LogP contribution in [0, 0.1) is 0 Å². The molecular weight excluding hydrogens is 256 g/mol. The molecule has 2 aromatic carbocycles. The number of hydrogen-bond donors (Lipinski definition) is 1. The maximum atomic E-state index is 6.44. The number of fused-ring (bicyclic) bond motifs is 3. The Labute approximate surface area is 124 Å². The average Bonchev–Trinajstić information content (AvgIpc) is 2.91. The van der Waals surface area contributed by atoms with Gasteiger partial charge in [0.05, 0.1) is 0 Å². The summed E-state index contributed by atoms with van der Waals surface area (Å²) in [6.07, 6.45) is 5.48. The molecule has 102 valence electrons. The summed E-state index contributed by atoms with van der Waals surface area (Å²) in [4.78, 5) is 4.17. The minimum absolute atomic E-state index is 0.837. The van der Waals surface area contributed by atoms with Gasteiger partial charge in [0.2, 0.25) is 0 Å². The molecule has 0 amide bonds. The Morgan fingerprint density at radius 3 is 2.71 bits per heavy atom. The molecule has 0 saturated heterocycles. The van der Waals surface area contributed by atoms with Crippen molar-refractivity contribution in [3.05, 3.63) is 83.2 Å². The summed E-state index contributed by atoms with van der Waals surface area (Å²) in [6.45, 7) is 0. The normalized spacial score (nSPS) is 12.0. The van der Waals surface area contributed by atoms with Crippen molar-refractivity contribution in [1.29, 1.82) is 0 Å². The number of nitrogens with two attached hydrogens (primary N) is 1. The number of aromatic nitrogens is 1. The summed E-state index contributed by atoms with van der Waals surface area (Å²) in [5, 5.41) is 0. The minimum Gasteiger partial charge on any atom is -0.398 e. The van der Waals surface area contributed by atoms with Gasteiger partial charge in [0.15, 0.2) is 0 Å². The summed E-state index contributed by atoms with van der Waals surface area (Å²) in [7, 11) is 0. The molecule has 0 unspecified atom stereocenters. The quantitative estimate of drug-likeness (QED) is 0.563. The predicted molar refractivity (Wildman–Crippen MR) is 86.1 cm³/mol. The Balaban J connectivity index is 1.76. The summed E-state index contributed by atoms with van der Waals surface area (Å²) < 4.78 is 0. The van der Waals surface area contributed by atoms with Crippen LogP contribution >= 0.6 is 0 Å². The molecule has 1 aliphatic carbocycles. The van der Waals surface area contributed by atoms with Crippen LogP contribution in [0.2, 0.25) is 0 Å². The minimum atomic E-state index is 0.837. The third-order valence-corrected chi connectivity index (χ3v) is 4.24. The molecule has 0 atom stereocenters. The highest BCUT2D eigenvalue weighted by Crippen LogP contribution is 2.40. The van der Waals surface area contributed by atoms with Crippen molar-refractivity contribution in [3.63, 3.8) is 0 Å². The van der Waals surface area contributed by atoms with Crippen molar-refractivity contribution in [2.45, 2.75) is 12.8 Å². The van der Waals surface area contributed by atoms with Crippen LogP contribution in [0.5, 0.6) is 0 Å². The second kappa shape index (κ2) is 4.74.